The molecular formula is C14H20N4. The third-order valence-corrected chi connectivity index (χ3v) is 3.70. The Labute approximate surface area is 109 Å². The number of likely N-dealkylation sites (N-methyl/N-ethyl adjacent to an activating group) is 1. The fourth-order valence-corrected chi connectivity index (χ4v) is 2.47. The SMILES string of the molecule is CC1CN(Cc2cccnc2)C(CC#N)CN1C. The van der Waals surface area contributed by atoms with E-state index >= 15 is 0 Å². The van der Waals surface area contributed by atoms with Gasteiger partial charge in [0.2, 0.25) is 0 Å². The van der Waals surface area contributed by atoms with E-state index < -0.39 is 0 Å². The van der Waals surface area contributed by atoms with Crippen LogP contribution in [0.1, 0.15) is 18.9 Å². The number of aromatic nitrogens is 1. The number of nitriles is 1. The first-order valence-corrected chi connectivity index (χ1v) is 6.41. The van der Waals surface area contributed by atoms with E-state index in [-0.39, 0.29) is 0 Å². The zero-order valence-electron chi connectivity index (χ0n) is 11.1. The predicted molar refractivity (Wildman–Crippen MR) is 70.8 cm³/mol. The first-order valence-electron chi connectivity index (χ1n) is 6.41. The van der Waals surface area contributed by atoms with Crippen LogP contribution in [0.15, 0.2) is 24.5 Å². The lowest BCUT2D eigenvalue weighted by Crippen LogP contribution is -2.55. The normalized spacial score (nSPS) is 25.8. The molecule has 1 fully saturated rings. The highest BCUT2D eigenvalue weighted by atomic mass is 15.3. The molecule has 2 atom stereocenters. The first kappa shape index (κ1) is 13.0. The van der Waals surface area contributed by atoms with Gasteiger partial charge < -0.3 is 4.90 Å². The molecule has 4 nitrogen and oxygen atoms in total. The van der Waals surface area contributed by atoms with Crippen LogP contribution in [-0.2, 0) is 6.54 Å². The van der Waals surface area contributed by atoms with Crippen LogP contribution in [0.25, 0.3) is 0 Å². The largest absolute Gasteiger partial charge is 0.301 e. The summed E-state index contributed by atoms with van der Waals surface area (Å²) in [4.78, 5) is 8.90. The van der Waals surface area contributed by atoms with Crippen molar-refractivity contribution in [2.45, 2.75) is 32.0 Å². The number of hydrogen-bond acceptors (Lipinski definition) is 4. The summed E-state index contributed by atoms with van der Waals surface area (Å²) in [5, 5.41) is 8.95. The molecule has 0 amide bonds. The molecule has 0 saturated carbocycles. The maximum Gasteiger partial charge on any atom is 0.0638 e. The molecule has 1 aliphatic heterocycles. The molecule has 0 N–H and O–H groups in total. The van der Waals surface area contributed by atoms with Gasteiger partial charge in [-0.2, -0.15) is 5.26 Å². The van der Waals surface area contributed by atoms with E-state index in [0.29, 0.717) is 18.5 Å². The van der Waals surface area contributed by atoms with Crippen LogP contribution in [0.2, 0.25) is 0 Å². The lowest BCUT2D eigenvalue weighted by Gasteiger charge is -2.43. The molecule has 0 spiro atoms. The van der Waals surface area contributed by atoms with Gasteiger partial charge in [0, 0.05) is 44.1 Å². The number of piperazine rings is 1. The van der Waals surface area contributed by atoms with Crippen molar-refractivity contribution in [3.05, 3.63) is 30.1 Å². The highest BCUT2D eigenvalue weighted by Crippen LogP contribution is 2.18. The number of hydrogen-bond donors (Lipinski definition) is 0. The van der Waals surface area contributed by atoms with Crippen molar-refractivity contribution in [3.8, 4) is 6.07 Å². The Morgan fingerprint density at radius 3 is 3.00 bits per heavy atom. The standard InChI is InChI=1S/C14H20N4/c1-12-9-18(10-13-4-3-7-16-8-13)14(5-6-15)11-17(12)2/h3-4,7-8,12,14H,5,9-11H2,1-2H3. The maximum absolute atomic E-state index is 8.95. The Kier molecular flexibility index (Phi) is 4.29. The topological polar surface area (TPSA) is 43.2 Å². The highest BCUT2D eigenvalue weighted by molar-refractivity contribution is 5.09. The molecule has 2 rings (SSSR count). The number of pyridine rings is 1. The lowest BCUT2D eigenvalue weighted by atomic mass is 10.0. The van der Waals surface area contributed by atoms with Gasteiger partial charge in [0.15, 0.2) is 0 Å². The van der Waals surface area contributed by atoms with Crippen LogP contribution in [0.5, 0.6) is 0 Å². The van der Waals surface area contributed by atoms with Gasteiger partial charge in [-0.05, 0) is 25.6 Å². The fourth-order valence-electron chi connectivity index (χ4n) is 2.47. The third-order valence-electron chi connectivity index (χ3n) is 3.70. The average molecular weight is 244 g/mol. The maximum atomic E-state index is 8.95. The Bertz CT molecular complexity index is 412. The van der Waals surface area contributed by atoms with Crippen LogP contribution < -0.4 is 0 Å². The quantitative estimate of drug-likeness (QED) is 0.808. The van der Waals surface area contributed by atoms with E-state index in [0.717, 1.165) is 19.6 Å². The summed E-state index contributed by atoms with van der Waals surface area (Å²) < 4.78 is 0. The van der Waals surface area contributed by atoms with E-state index in [1.165, 1.54) is 5.56 Å². The molecule has 0 bridgehead atoms. The summed E-state index contributed by atoms with van der Waals surface area (Å²) in [5.74, 6) is 0. The zero-order valence-corrected chi connectivity index (χ0v) is 11.1. The van der Waals surface area contributed by atoms with Gasteiger partial charge >= 0.3 is 0 Å². The van der Waals surface area contributed by atoms with E-state index in [2.05, 4.69) is 40.9 Å². The van der Waals surface area contributed by atoms with Gasteiger partial charge in [0.05, 0.1) is 12.5 Å². The average Bonchev–Trinajstić information content (AvgIpc) is 2.37. The van der Waals surface area contributed by atoms with E-state index in [9.17, 15) is 0 Å². The fraction of sp³-hybridized carbons (Fsp3) is 0.571. The summed E-state index contributed by atoms with van der Waals surface area (Å²) in [6, 6.07) is 7.24. The van der Waals surface area contributed by atoms with Gasteiger partial charge in [-0.3, -0.25) is 9.88 Å². The molecule has 96 valence electrons. The number of rotatable bonds is 3. The minimum atomic E-state index is 0.330. The monoisotopic (exact) mass is 244 g/mol. The van der Waals surface area contributed by atoms with Gasteiger partial charge in [0.25, 0.3) is 0 Å². The van der Waals surface area contributed by atoms with Gasteiger partial charge in [-0.1, -0.05) is 6.07 Å². The summed E-state index contributed by atoms with van der Waals surface area (Å²) >= 11 is 0. The van der Waals surface area contributed by atoms with Crippen molar-refractivity contribution < 1.29 is 0 Å². The van der Waals surface area contributed by atoms with E-state index in [1.54, 1.807) is 6.20 Å². The minimum absolute atomic E-state index is 0.330. The van der Waals surface area contributed by atoms with Crippen molar-refractivity contribution in [2.24, 2.45) is 0 Å². The van der Waals surface area contributed by atoms with Crippen molar-refractivity contribution in [2.75, 3.05) is 20.1 Å². The molecule has 1 aromatic rings. The highest BCUT2D eigenvalue weighted by Gasteiger charge is 2.29. The third kappa shape index (κ3) is 3.06. The van der Waals surface area contributed by atoms with Gasteiger partial charge in [-0.15, -0.1) is 0 Å². The second-order valence-corrected chi connectivity index (χ2v) is 5.10. The summed E-state index contributed by atoms with van der Waals surface area (Å²) in [6.07, 6.45) is 4.30. The molecule has 4 heteroatoms. The van der Waals surface area contributed by atoms with E-state index in [1.807, 2.05) is 12.3 Å². The van der Waals surface area contributed by atoms with Crippen LogP contribution in [0, 0.1) is 11.3 Å². The molecule has 1 aromatic heterocycles. The molecule has 1 aliphatic rings. The molecule has 0 aromatic carbocycles. The molecule has 2 unspecified atom stereocenters. The van der Waals surface area contributed by atoms with Crippen molar-refractivity contribution in [3.63, 3.8) is 0 Å². The Balaban J connectivity index is 2.06. The van der Waals surface area contributed by atoms with Crippen LogP contribution >= 0.6 is 0 Å². The van der Waals surface area contributed by atoms with E-state index in [4.69, 9.17) is 5.26 Å². The van der Waals surface area contributed by atoms with Crippen LogP contribution in [-0.4, -0.2) is 47.0 Å². The summed E-state index contributed by atoms with van der Waals surface area (Å²) in [5.41, 5.74) is 1.22. The lowest BCUT2D eigenvalue weighted by molar-refractivity contribution is 0.0480. The first-order chi connectivity index (χ1) is 8.70. The molecular weight excluding hydrogens is 224 g/mol. The summed E-state index contributed by atoms with van der Waals surface area (Å²) in [7, 11) is 2.14. The van der Waals surface area contributed by atoms with Gasteiger partial charge in [-0.25, -0.2) is 0 Å². The second kappa shape index (κ2) is 5.94. The van der Waals surface area contributed by atoms with Crippen molar-refractivity contribution >= 4 is 0 Å². The predicted octanol–water partition coefficient (Wildman–Crippen LogP) is 1.50. The molecule has 0 radical (unpaired) electrons. The van der Waals surface area contributed by atoms with Gasteiger partial charge in [0.1, 0.15) is 0 Å². The Morgan fingerprint density at radius 2 is 2.33 bits per heavy atom. The number of nitrogens with zero attached hydrogens (tertiary/aromatic N) is 4. The second-order valence-electron chi connectivity index (χ2n) is 5.10. The smallest absolute Gasteiger partial charge is 0.0638 e. The van der Waals surface area contributed by atoms with Crippen molar-refractivity contribution in [1.82, 2.24) is 14.8 Å². The molecule has 18 heavy (non-hydrogen) atoms. The molecule has 1 saturated heterocycles. The Hall–Kier alpha value is -1.44. The Morgan fingerprint density at radius 1 is 1.50 bits per heavy atom. The zero-order chi connectivity index (χ0) is 13.0. The van der Waals surface area contributed by atoms with Crippen LogP contribution in [0.4, 0.5) is 0 Å². The summed E-state index contributed by atoms with van der Waals surface area (Å²) in [6.45, 7) is 5.10. The minimum Gasteiger partial charge on any atom is -0.301 e. The van der Waals surface area contributed by atoms with Crippen LogP contribution in [0.3, 0.4) is 0 Å². The molecule has 2 heterocycles. The van der Waals surface area contributed by atoms with Crippen molar-refractivity contribution in [1.29, 1.82) is 5.26 Å². The molecule has 0 aliphatic carbocycles.